The Morgan fingerprint density at radius 3 is 2.47 bits per heavy atom. The predicted molar refractivity (Wildman–Crippen MR) is 44.9 cm³/mol. The highest BCUT2D eigenvalue weighted by Gasteiger charge is 2.24. The summed E-state index contributed by atoms with van der Waals surface area (Å²) in [4.78, 5) is 10.6. The van der Waals surface area contributed by atoms with Gasteiger partial charge in [0.25, 0.3) is 6.43 Å². The number of alkyl halides is 2. The number of hydrogen-bond donors (Lipinski definition) is 1. The van der Waals surface area contributed by atoms with E-state index in [9.17, 15) is 18.0 Å². The molecule has 0 radical (unpaired) electrons. The van der Waals surface area contributed by atoms with Gasteiger partial charge >= 0.3 is 5.97 Å². The minimum atomic E-state index is -3.13. The summed E-state index contributed by atoms with van der Waals surface area (Å²) in [6.07, 6.45) is -3.13. The van der Waals surface area contributed by atoms with Crippen LogP contribution in [-0.4, -0.2) is 18.2 Å². The van der Waals surface area contributed by atoms with Crippen LogP contribution in [0, 0.1) is 5.82 Å². The molecule has 0 atom stereocenters. The smallest absolute Gasteiger partial charge is 0.339 e. The van der Waals surface area contributed by atoms with Crippen molar-refractivity contribution in [3.8, 4) is 5.75 Å². The van der Waals surface area contributed by atoms with Crippen LogP contribution in [0.4, 0.5) is 13.2 Å². The van der Waals surface area contributed by atoms with Crippen molar-refractivity contribution < 1.29 is 27.8 Å². The molecule has 1 N–H and O–H groups in total. The molecule has 6 heteroatoms. The van der Waals surface area contributed by atoms with Crippen LogP contribution in [0.25, 0.3) is 0 Å². The van der Waals surface area contributed by atoms with Gasteiger partial charge in [-0.1, -0.05) is 0 Å². The zero-order valence-corrected chi connectivity index (χ0v) is 7.63. The summed E-state index contributed by atoms with van der Waals surface area (Å²) < 4.78 is 42.3. The molecule has 0 saturated carbocycles. The van der Waals surface area contributed by atoms with Crippen molar-refractivity contribution in [2.24, 2.45) is 0 Å². The highest BCUT2D eigenvalue weighted by Crippen LogP contribution is 2.34. The number of methoxy groups -OCH3 is 1. The van der Waals surface area contributed by atoms with Gasteiger partial charge in [-0.2, -0.15) is 0 Å². The fourth-order valence-electron chi connectivity index (χ4n) is 1.17. The van der Waals surface area contributed by atoms with Crippen LogP contribution in [0.1, 0.15) is 22.3 Å². The lowest BCUT2D eigenvalue weighted by Crippen LogP contribution is -2.05. The molecule has 3 nitrogen and oxygen atoms in total. The number of rotatable bonds is 3. The van der Waals surface area contributed by atoms with Gasteiger partial charge in [0.2, 0.25) is 0 Å². The van der Waals surface area contributed by atoms with E-state index in [1.54, 1.807) is 0 Å². The highest BCUT2D eigenvalue weighted by atomic mass is 19.3. The van der Waals surface area contributed by atoms with E-state index >= 15 is 0 Å². The van der Waals surface area contributed by atoms with Crippen molar-refractivity contribution in [1.29, 1.82) is 0 Å². The zero-order valence-electron chi connectivity index (χ0n) is 7.63. The molecule has 82 valence electrons. The van der Waals surface area contributed by atoms with Gasteiger partial charge in [0.05, 0.1) is 12.7 Å². The number of ether oxygens (including phenoxy) is 1. The van der Waals surface area contributed by atoms with E-state index < -0.39 is 35.1 Å². The normalized spacial score (nSPS) is 10.5. The minimum Gasteiger partial charge on any atom is -0.495 e. The molecule has 0 heterocycles. The lowest BCUT2D eigenvalue weighted by molar-refractivity contribution is 0.0692. The third-order valence-corrected chi connectivity index (χ3v) is 1.80. The Hall–Kier alpha value is -1.72. The van der Waals surface area contributed by atoms with E-state index in [1.807, 2.05) is 0 Å². The summed E-state index contributed by atoms with van der Waals surface area (Å²) in [5.74, 6) is -3.28. The molecule has 0 fully saturated rings. The molecule has 1 aromatic rings. The molecule has 1 aromatic carbocycles. The summed E-state index contributed by atoms with van der Waals surface area (Å²) >= 11 is 0. The van der Waals surface area contributed by atoms with E-state index in [-0.39, 0.29) is 0 Å². The third-order valence-electron chi connectivity index (χ3n) is 1.80. The first-order valence-electron chi connectivity index (χ1n) is 3.86. The second-order valence-electron chi connectivity index (χ2n) is 2.65. The van der Waals surface area contributed by atoms with Gasteiger partial charge in [-0.25, -0.2) is 18.0 Å². The van der Waals surface area contributed by atoms with E-state index in [4.69, 9.17) is 5.11 Å². The van der Waals surface area contributed by atoms with Gasteiger partial charge < -0.3 is 9.84 Å². The SMILES string of the molecule is COc1c(C(=O)O)ccc(F)c1C(F)F. The van der Waals surface area contributed by atoms with Crippen LogP contribution in [-0.2, 0) is 0 Å². The molecule has 0 aliphatic heterocycles. The molecule has 0 aromatic heterocycles. The summed E-state index contributed by atoms with van der Waals surface area (Å²) in [6.45, 7) is 0. The molecule has 0 spiro atoms. The van der Waals surface area contributed by atoms with Crippen LogP contribution in [0.15, 0.2) is 12.1 Å². The van der Waals surface area contributed by atoms with Crippen molar-refractivity contribution >= 4 is 5.97 Å². The summed E-state index contributed by atoms with van der Waals surface area (Å²) in [5, 5.41) is 8.65. The van der Waals surface area contributed by atoms with Crippen molar-refractivity contribution in [1.82, 2.24) is 0 Å². The Balaban J connectivity index is 3.47. The largest absolute Gasteiger partial charge is 0.495 e. The van der Waals surface area contributed by atoms with Crippen LogP contribution in [0.3, 0.4) is 0 Å². The van der Waals surface area contributed by atoms with Crippen molar-refractivity contribution in [2.45, 2.75) is 6.43 Å². The second-order valence-corrected chi connectivity index (χ2v) is 2.65. The number of halogens is 3. The van der Waals surface area contributed by atoms with Crippen molar-refractivity contribution in [2.75, 3.05) is 7.11 Å². The van der Waals surface area contributed by atoms with E-state index in [2.05, 4.69) is 4.74 Å². The van der Waals surface area contributed by atoms with Gasteiger partial charge in [0.15, 0.2) is 0 Å². The van der Waals surface area contributed by atoms with E-state index in [0.717, 1.165) is 13.2 Å². The Labute approximate surface area is 83.1 Å². The molecule has 1 rings (SSSR count). The zero-order chi connectivity index (χ0) is 11.6. The fourth-order valence-corrected chi connectivity index (χ4v) is 1.17. The maximum atomic E-state index is 13.0. The first-order valence-corrected chi connectivity index (χ1v) is 3.86. The predicted octanol–water partition coefficient (Wildman–Crippen LogP) is 2.47. The van der Waals surface area contributed by atoms with Crippen LogP contribution in [0.2, 0.25) is 0 Å². The summed E-state index contributed by atoms with van der Waals surface area (Å²) in [7, 11) is 1.01. The monoisotopic (exact) mass is 220 g/mol. The molecule has 0 unspecified atom stereocenters. The number of carbonyl (C=O) groups is 1. The first-order chi connectivity index (χ1) is 6.99. The molecular formula is C9H7F3O3. The topological polar surface area (TPSA) is 46.5 Å². The number of benzene rings is 1. The van der Waals surface area contributed by atoms with Crippen LogP contribution >= 0.6 is 0 Å². The molecule has 15 heavy (non-hydrogen) atoms. The molecule has 0 amide bonds. The van der Waals surface area contributed by atoms with Crippen molar-refractivity contribution in [3.05, 3.63) is 29.1 Å². The van der Waals surface area contributed by atoms with E-state index in [0.29, 0.717) is 6.07 Å². The molecule has 0 aliphatic rings. The number of aromatic carboxylic acids is 1. The Bertz CT molecular complexity index is 390. The van der Waals surface area contributed by atoms with Gasteiger partial charge in [-0.3, -0.25) is 0 Å². The summed E-state index contributed by atoms with van der Waals surface area (Å²) in [5.41, 5.74) is -1.52. The van der Waals surface area contributed by atoms with Crippen molar-refractivity contribution in [3.63, 3.8) is 0 Å². The molecular weight excluding hydrogens is 213 g/mol. The molecule has 0 aliphatic carbocycles. The minimum absolute atomic E-state index is 0.491. The van der Waals surface area contributed by atoms with Crippen LogP contribution < -0.4 is 4.74 Å². The van der Waals surface area contributed by atoms with Gasteiger partial charge in [-0.15, -0.1) is 0 Å². The van der Waals surface area contributed by atoms with Gasteiger partial charge in [-0.05, 0) is 12.1 Å². The maximum Gasteiger partial charge on any atom is 0.339 e. The van der Waals surface area contributed by atoms with Gasteiger partial charge in [0.1, 0.15) is 17.1 Å². The highest BCUT2D eigenvalue weighted by molar-refractivity contribution is 5.91. The third kappa shape index (κ3) is 2.03. The van der Waals surface area contributed by atoms with Gasteiger partial charge in [0, 0.05) is 0 Å². The fraction of sp³-hybridized carbons (Fsp3) is 0.222. The average molecular weight is 220 g/mol. The number of carboxylic acid groups (broad SMARTS) is 1. The first kappa shape index (κ1) is 11.4. The summed E-state index contributed by atoms with van der Waals surface area (Å²) in [6, 6.07) is 1.55. The number of carboxylic acids is 1. The Morgan fingerprint density at radius 1 is 1.47 bits per heavy atom. The Kier molecular flexibility index (Phi) is 3.18. The molecule has 0 saturated heterocycles. The maximum absolute atomic E-state index is 13.0. The number of hydrogen-bond acceptors (Lipinski definition) is 2. The lowest BCUT2D eigenvalue weighted by Gasteiger charge is -2.11. The lowest BCUT2D eigenvalue weighted by atomic mass is 10.1. The van der Waals surface area contributed by atoms with E-state index in [1.165, 1.54) is 0 Å². The van der Waals surface area contributed by atoms with Crippen LogP contribution in [0.5, 0.6) is 5.75 Å². The average Bonchev–Trinajstić information content (AvgIpc) is 2.15. The molecule has 0 bridgehead atoms. The standard InChI is InChI=1S/C9H7F3O3/c1-15-7-4(9(13)14)2-3-5(10)6(7)8(11)12/h2-3,8H,1H3,(H,13,14). The second kappa shape index (κ2) is 4.20. The Morgan fingerprint density at radius 2 is 2.07 bits per heavy atom. The quantitative estimate of drug-likeness (QED) is 0.851.